The van der Waals surface area contributed by atoms with Crippen LogP contribution in [-0.4, -0.2) is 33.5 Å². The molecule has 6 heteroatoms. The summed E-state index contributed by atoms with van der Waals surface area (Å²) in [6.07, 6.45) is 1.24. The van der Waals surface area contributed by atoms with Gasteiger partial charge in [0.2, 0.25) is 0 Å². The second-order valence-electron chi connectivity index (χ2n) is 5.48. The average Bonchev–Trinajstić information content (AvgIpc) is 2.90. The van der Waals surface area contributed by atoms with Gasteiger partial charge in [-0.05, 0) is 18.6 Å². The summed E-state index contributed by atoms with van der Waals surface area (Å²) < 4.78 is 13.7. The zero-order valence-electron chi connectivity index (χ0n) is 12.3. The van der Waals surface area contributed by atoms with Crippen LogP contribution >= 0.6 is 11.3 Å². The van der Waals surface area contributed by atoms with Crippen LogP contribution in [0.2, 0.25) is 0 Å². The Bertz CT molecular complexity index is 701. The maximum Gasteiger partial charge on any atom is 0.320 e. The van der Waals surface area contributed by atoms with Gasteiger partial charge in [0, 0.05) is 30.8 Å². The molecule has 22 heavy (non-hydrogen) atoms. The number of thiazole rings is 1. The van der Waals surface area contributed by atoms with Gasteiger partial charge in [-0.15, -0.1) is 11.3 Å². The van der Waals surface area contributed by atoms with Crippen molar-refractivity contribution in [2.75, 3.05) is 6.54 Å². The van der Waals surface area contributed by atoms with E-state index in [1.54, 1.807) is 30.4 Å². The van der Waals surface area contributed by atoms with Gasteiger partial charge in [0.05, 0.1) is 10.7 Å². The van der Waals surface area contributed by atoms with Crippen LogP contribution in [0, 0.1) is 5.82 Å². The summed E-state index contributed by atoms with van der Waals surface area (Å²) in [6, 6.07) is 6.23. The summed E-state index contributed by atoms with van der Waals surface area (Å²) in [5, 5.41) is 10.0. The summed E-state index contributed by atoms with van der Waals surface area (Å²) in [5.41, 5.74) is 1.68. The Balaban J connectivity index is 1.76. The molecule has 4 nitrogen and oxygen atoms in total. The molecule has 116 valence electrons. The minimum absolute atomic E-state index is 0.211. The van der Waals surface area contributed by atoms with Crippen LogP contribution in [0.5, 0.6) is 0 Å². The number of hydrogen-bond donors (Lipinski definition) is 1. The van der Waals surface area contributed by atoms with Crippen LogP contribution in [0.4, 0.5) is 4.39 Å². The van der Waals surface area contributed by atoms with E-state index >= 15 is 0 Å². The third-order valence-corrected chi connectivity index (χ3v) is 5.09. The monoisotopic (exact) mass is 320 g/mol. The molecule has 1 N–H and O–H groups in total. The summed E-state index contributed by atoms with van der Waals surface area (Å²) in [6.45, 7) is 3.01. The smallest absolute Gasteiger partial charge is 0.320 e. The van der Waals surface area contributed by atoms with Crippen LogP contribution in [0.25, 0.3) is 0 Å². The average molecular weight is 320 g/mol. The number of hydrogen-bond acceptors (Lipinski definition) is 4. The van der Waals surface area contributed by atoms with Gasteiger partial charge in [0.1, 0.15) is 11.9 Å². The zero-order chi connectivity index (χ0) is 15.7. The predicted molar refractivity (Wildman–Crippen MR) is 82.5 cm³/mol. The van der Waals surface area contributed by atoms with E-state index in [2.05, 4.69) is 4.98 Å². The lowest BCUT2D eigenvalue weighted by Gasteiger charge is -2.29. The van der Waals surface area contributed by atoms with Crippen molar-refractivity contribution < 1.29 is 14.3 Å². The third-order valence-electron chi connectivity index (χ3n) is 4.01. The Labute approximate surface area is 132 Å². The lowest BCUT2D eigenvalue weighted by Crippen LogP contribution is -2.41. The van der Waals surface area contributed by atoms with Crippen LogP contribution in [-0.2, 0) is 24.2 Å². The minimum atomic E-state index is -0.806. The maximum atomic E-state index is 13.7. The van der Waals surface area contributed by atoms with Crippen LogP contribution in [0.15, 0.2) is 24.3 Å². The van der Waals surface area contributed by atoms with Crippen LogP contribution in [0.3, 0.4) is 0 Å². The standard InChI is InChI=1S/C16H17FN2O2S/c1-10(16(20)21)19-7-6-13-14(9-19)22-15(18-13)8-11-4-2-3-5-12(11)17/h2-5,10H,6-9H2,1H3,(H,20,21). The molecule has 3 rings (SSSR count). The first kappa shape index (κ1) is 15.1. The zero-order valence-corrected chi connectivity index (χ0v) is 13.1. The fourth-order valence-corrected chi connectivity index (χ4v) is 3.80. The van der Waals surface area contributed by atoms with Gasteiger partial charge in [-0.1, -0.05) is 18.2 Å². The van der Waals surface area contributed by atoms with Crippen molar-refractivity contribution in [3.05, 3.63) is 51.2 Å². The predicted octanol–water partition coefficient (Wildman–Crippen LogP) is 2.70. The second-order valence-corrected chi connectivity index (χ2v) is 6.65. The number of carboxylic acids is 1. The highest BCUT2D eigenvalue weighted by molar-refractivity contribution is 7.11. The molecule has 2 heterocycles. The number of nitrogens with zero attached hydrogens (tertiary/aromatic N) is 2. The van der Waals surface area contributed by atoms with Gasteiger partial charge in [-0.2, -0.15) is 0 Å². The lowest BCUT2D eigenvalue weighted by atomic mass is 10.1. The summed E-state index contributed by atoms with van der Waals surface area (Å²) >= 11 is 1.56. The SMILES string of the molecule is CC(C(=O)O)N1CCc2nc(Cc3ccccc3F)sc2C1. The Morgan fingerprint density at radius 3 is 3.00 bits per heavy atom. The molecule has 1 aromatic heterocycles. The Hall–Kier alpha value is -1.79. The van der Waals surface area contributed by atoms with Crippen LogP contribution < -0.4 is 0 Å². The fraction of sp³-hybridized carbons (Fsp3) is 0.375. The van der Waals surface area contributed by atoms with E-state index in [0.29, 0.717) is 25.1 Å². The summed E-state index contributed by atoms with van der Waals surface area (Å²) in [7, 11) is 0. The van der Waals surface area contributed by atoms with E-state index in [0.717, 1.165) is 22.0 Å². The number of aliphatic carboxylic acids is 1. The van der Waals surface area contributed by atoms with E-state index in [9.17, 15) is 9.18 Å². The summed E-state index contributed by atoms with van der Waals surface area (Å²) in [5.74, 6) is -1.02. The van der Waals surface area contributed by atoms with Gasteiger partial charge in [-0.25, -0.2) is 9.37 Å². The normalized spacial score (nSPS) is 16.3. The molecule has 0 saturated carbocycles. The molecule has 1 aromatic carbocycles. The molecular formula is C16H17FN2O2S. The molecule has 0 bridgehead atoms. The topological polar surface area (TPSA) is 53.4 Å². The molecule has 0 spiro atoms. The van der Waals surface area contributed by atoms with Gasteiger partial charge in [0.25, 0.3) is 0 Å². The highest BCUT2D eigenvalue weighted by Gasteiger charge is 2.27. The number of halogens is 1. The highest BCUT2D eigenvalue weighted by atomic mass is 32.1. The number of rotatable bonds is 4. The quantitative estimate of drug-likeness (QED) is 0.941. The van der Waals surface area contributed by atoms with Crippen molar-refractivity contribution in [1.82, 2.24) is 9.88 Å². The number of benzene rings is 1. The fourth-order valence-electron chi connectivity index (χ4n) is 2.64. The summed E-state index contributed by atoms with van der Waals surface area (Å²) in [4.78, 5) is 18.7. The highest BCUT2D eigenvalue weighted by Crippen LogP contribution is 2.28. The molecule has 1 atom stereocenters. The molecule has 1 aliphatic heterocycles. The molecule has 1 aliphatic rings. The van der Waals surface area contributed by atoms with Crippen molar-refractivity contribution in [2.45, 2.75) is 32.4 Å². The van der Waals surface area contributed by atoms with Gasteiger partial charge in [0.15, 0.2) is 0 Å². The number of carbonyl (C=O) groups is 1. The Morgan fingerprint density at radius 2 is 2.27 bits per heavy atom. The second kappa shape index (κ2) is 6.14. The number of fused-ring (bicyclic) bond motifs is 1. The number of aromatic nitrogens is 1. The molecular weight excluding hydrogens is 303 g/mol. The van der Waals surface area contributed by atoms with Crippen molar-refractivity contribution in [1.29, 1.82) is 0 Å². The molecule has 0 amide bonds. The van der Waals surface area contributed by atoms with E-state index < -0.39 is 12.0 Å². The van der Waals surface area contributed by atoms with Gasteiger partial charge >= 0.3 is 5.97 Å². The van der Waals surface area contributed by atoms with Crippen molar-refractivity contribution >= 4 is 17.3 Å². The first-order valence-corrected chi connectivity index (χ1v) is 8.04. The third kappa shape index (κ3) is 3.03. The molecule has 0 radical (unpaired) electrons. The Kier molecular flexibility index (Phi) is 4.22. The first-order chi connectivity index (χ1) is 10.5. The van der Waals surface area contributed by atoms with E-state index in [-0.39, 0.29) is 5.82 Å². The molecule has 1 unspecified atom stereocenters. The largest absolute Gasteiger partial charge is 0.480 e. The maximum absolute atomic E-state index is 13.7. The lowest BCUT2D eigenvalue weighted by molar-refractivity contribution is -0.142. The van der Waals surface area contributed by atoms with Gasteiger partial charge in [-0.3, -0.25) is 9.69 Å². The first-order valence-electron chi connectivity index (χ1n) is 7.22. The van der Waals surface area contributed by atoms with Crippen molar-refractivity contribution in [2.24, 2.45) is 0 Å². The van der Waals surface area contributed by atoms with Crippen molar-refractivity contribution in [3.63, 3.8) is 0 Å². The van der Waals surface area contributed by atoms with Gasteiger partial charge < -0.3 is 5.11 Å². The molecule has 2 aromatic rings. The van der Waals surface area contributed by atoms with E-state index in [1.807, 2.05) is 11.0 Å². The Morgan fingerprint density at radius 1 is 1.50 bits per heavy atom. The molecule has 0 saturated heterocycles. The van der Waals surface area contributed by atoms with E-state index in [1.165, 1.54) is 6.07 Å². The van der Waals surface area contributed by atoms with Crippen molar-refractivity contribution in [3.8, 4) is 0 Å². The molecule has 0 fully saturated rings. The van der Waals surface area contributed by atoms with E-state index in [4.69, 9.17) is 5.11 Å². The minimum Gasteiger partial charge on any atom is -0.480 e. The molecule has 0 aliphatic carbocycles. The van der Waals surface area contributed by atoms with Crippen LogP contribution in [0.1, 0.15) is 28.1 Å². The number of carboxylic acid groups (broad SMARTS) is 1.